The van der Waals surface area contributed by atoms with Crippen molar-refractivity contribution in [1.29, 1.82) is 0 Å². The summed E-state index contributed by atoms with van der Waals surface area (Å²) in [6.45, 7) is 0. The van der Waals surface area contributed by atoms with E-state index >= 15 is 0 Å². The standard InChI is InChI=1S/C16H11NS/c18-14-7-3-4-10-8-9-12-11-5-1-2-6-13(11)17-16(12)15(10)14/h1-9,17-18H. The summed E-state index contributed by atoms with van der Waals surface area (Å²) < 4.78 is 0. The average Bonchev–Trinajstić information content (AvgIpc) is 2.77. The zero-order chi connectivity index (χ0) is 12.1. The molecule has 3 aromatic carbocycles. The van der Waals surface area contributed by atoms with Crippen LogP contribution in [-0.2, 0) is 0 Å². The summed E-state index contributed by atoms with van der Waals surface area (Å²) in [4.78, 5) is 4.53. The van der Waals surface area contributed by atoms with Crippen molar-refractivity contribution < 1.29 is 0 Å². The first kappa shape index (κ1) is 10.0. The van der Waals surface area contributed by atoms with Gasteiger partial charge in [-0.25, -0.2) is 0 Å². The Bertz CT molecular complexity index is 889. The highest BCUT2D eigenvalue weighted by molar-refractivity contribution is 7.80. The lowest BCUT2D eigenvalue weighted by Gasteiger charge is -2.02. The molecule has 1 nitrogen and oxygen atoms in total. The van der Waals surface area contributed by atoms with Gasteiger partial charge in [0.2, 0.25) is 0 Å². The summed E-state index contributed by atoms with van der Waals surface area (Å²) in [7, 11) is 0. The fraction of sp³-hybridized carbons (Fsp3) is 0. The molecule has 0 radical (unpaired) electrons. The molecule has 18 heavy (non-hydrogen) atoms. The Morgan fingerprint density at radius 3 is 2.61 bits per heavy atom. The molecule has 1 N–H and O–H groups in total. The van der Waals surface area contributed by atoms with Crippen molar-refractivity contribution in [3.05, 3.63) is 54.6 Å². The van der Waals surface area contributed by atoms with Crippen LogP contribution in [0, 0.1) is 0 Å². The number of hydrogen-bond acceptors (Lipinski definition) is 1. The molecule has 1 aromatic heterocycles. The number of thiol groups is 1. The van der Waals surface area contributed by atoms with E-state index in [1.54, 1.807) is 0 Å². The number of benzene rings is 3. The third kappa shape index (κ3) is 1.24. The molecule has 4 rings (SSSR count). The smallest absolute Gasteiger partial charge is 0.0555 e. The van der Waals surface area contributed by atoms with E-state index in [9.17, 15) is 0 Å². The van der Waals surface area contributed by atoms with E-state index < -0.39 is 0 Å². The topological polar surface area (TPSA) is 15.8 Å². The van der Waals surface area contributed by atoms with Gasteiger partial charge in [-0.05, 0) is 17.5 Å². The number of hydrogen-bond donors (Lipinski definition) is 2. The largest absolute Gasteiger partial charge is 0.354 e. The van der Waals surface area contributed by atoms with Gasteiger partial charge in [-0.2, -0.15) is 0 Å². The molecule has 86 valence electrons. The Balaban J connectivity index is 2.35. The van der Waals surface area contributed by atoms with E-state index in [1.165, 1.54) is 32.6 Å². The molecule has 4 aromatic rings. The van der Waals surface area contributed by atoms with Gasteiger partial charge >= 0.3 is 0 Å². The van der Waals surface area contributed by atoms with Crippen LogP contribution >= 0.6 is 12.6 Å². The molecule has 0 spiro atoms. The van der Waals surface area contributed by atoms with Crippen molar-refractivity contribution in [2.75, 3.05) is 0 Å². The number of rotatable bonds is 0. The number of fused-ring (bicyclic) bond motifs is 5. The molecule has 0 saturated heterocycles. The normalized spacial score (nSPS) is 11.6. The molecule has 0 aliphatic rings. The Hall–Kier alpha value is -1.93. The van der Waals surface area contributed by atoms with Gasteiger partial charge in [0.1, 0.15) is 0 Å². The molecular formula is C16H11NS. The molecule has 2 heteroatoms. The van der Waals surface area contributed by atoms with Gasteiger partial charge in [0.15, 0.2) is 0 Å². The van der Waals surface area contributed by atoms with E-state index in [4.69, 9.17) is 0 Å². The maximum absolute atomic E-state index is 4.59. The maximum Gasteiger partial charge on any atom is 0.0555 e. The summed E-state index contributed by atoms with van der Waals surface area (Å²) in [5.74, 6) is 0. The lowest BCUT2D eigenvalue weighted by Crippen LogP contribution is -1.77. The number of H-pyrrole nitrogens is 1. The van der Waals surface area contributed by atoms with Gasteiger partial charge in [-0.15, -0.1) is 12.6 Å². The Morgan fingerprint density at radius 1 is 0.778 bits per heavy atom. The van der Waals surface area contributed by atoms with Gasteiger partial charge in [0.25, 0.3) is 0 Å². The first-order valence-corrected chi connectivity index (χ1v) is 6.40. The number of aromatic nitrogens is 1. The van der Waals surface area contributed by atoms with E-state index in [0.717, 1.165) is 4.90 Å². The van der Waals surface area contributed by atoms with Gasteiger partial charge in [0, 0.05) is 26.6 Å². The molecule has 0 unspecified atom stereocenters. The van der Waals surface area contributed by atoms with Crippen molar-refractivity contribution >= 4 is 45.2 Å². The minimum absolute atomic E-state index is 1.02. The van der Waals surface area contributed by atoms with Crippen LogP contribution in [0.4, 0.5) is 0 Å². The molecule has 0 saturated carbocycles. The monoisotopic (exact) mass is 249 g/mol. The third-order valence-electron chi connectivity index (χ3n) is 3.50. The fourth-order valence-corrected chi connectivity index (χ4v) is 3.00. The first-order valence-electron chi connectivity index (χ1n) is 5.96. The lowest BCUT2D eigenvalue weighted by atomic mass is 10.1. The van der Waals surface area contributed by atoms with Gasteiger partial charge in [-0.1, -0.05) is 42.5 Å². The number of aromatic amines is 1. The minimum Gasteiger partial charge on any atom is -0.354 e. The Morgan fingerprint density at radius 2 is 1.67 bits per heavy atom. The highest BCUT2D eigenvalue weighted by Crippen LogP contribution is 2.33. The molecule has 0 aliphatic heterocycles. The van der Waals surface area contributed by atoms with Crippen LogP contribution < -0.4 is 0 Å². The lowest BCUT2D eigenvalue weighted by molar-refractivity contribution is 1.52. The van der Waals surface area contributed by atoms with Gasteiger partial charge in [0.05, 0.1) is 5.52 Å². The van der Waals surface area contributed by atoms with Gasteiger partial charge < -0.3 is 4.98 Å². The van der Waals surface area contributed by atoms with E-state index in [2.05, 4.69) is 60.1 Å². The van der Waals surface area contributed by atoms with Crippen LogP contribution in [0.1, 0.15) is 0 Å². The molecule has 0 amide bonds. The summed E-state index contributed by atoms with van der Waals surface area (Å²) in [6, 6.07) is 19.0. The first-order chi connectivity index (χ1) is 8.84. The number of nitrogens with one attached hydrogen (secondary N) is 1. The van der Waals surface area contributed by atoms with Crippen LogP contribution in [0.5, 0.6) is 0 Å². The summed E-state index contributed by atoms with van der Waals surface area (Å²) in [5, 5.41) is 4.96. The Labute approximate surface area is 110 Å². The second-order valence-electron chi connectivity index (χ2n) is 4.53. The summed E-state index contributed by atoms with van der Waals surface area (Å²) >= 11 is 4.59. The number of para-hydroxylation sites is 1. The van der Waals surface area contributed by atoms with Crippen molar-refractivity contribution in [1.82, 2.24) is 4.98 Å². The van der Waals surface area contributed by atoms with Crippen LogP contribution in [0.15, 0.2) is 59.5 Å². The van der Waals surface area contributed by atoms with Crippen molar-refractivity contribution in [3.8, 4) is 0 Å². The fourth-order valence-electron chi connectivity index (χ4n) is 2.68. The van der Waals surface area contributed by atoms with Crippen molar-refractivity contribution in [2.45, 2.75) is 4.90 Å². The van der Waals surface area contributed by atoms with Crippen molar-refractivity contribution in [3.63, 3.8) is 0 Å². The molecule has 0 aliphatic carbocycles. The molecular weight excluding hydrogens is 238 g/mol. The average molecular weight is 249 g/mol. The molecule has 0 fully saturated rings. The van der Waals surface area contributed by atoms with E-state index in [-0.39, 0.29) is 0 Å². The third-order valence-corrected chi connectivity index (χ3v) is 3.87. The molecule has 1 heterocycles. The molecule has 0 atom stereocenters. The predicted molar refractivity (Wildman–Crippen MR) is 80.6 cm³/mol. The summed E-state index contributed by atoms with van der Waals surface area (Å²) in [5.41, 5.74) is 2.36. The zero-order valence-electron chi connectivity index (χ0n) is 9.64. The predicted octanol–water partition coefficient (Wildman–Crippen LogP) is 4.76. The summed E-state index contributed by atoms with van der Waals surface area (Å²) in [6.07, 6.45) is 0. The van der Waals surface area contributed by atoms with Crippen LogP contribution in [0.2, 0.25) is 0 Å². The van der Waals surface area contributed by atoms with Gasteiger partial charge in [-0.3, -0.25) is 0 Å². The second kappa shape index (κ2) is 3.53. The highest BCUT2D eigenvalue weighted by atomic mass is 32.1. The highest BCUT2D eigenvalue weighted by Gasteiger charge is 2.08. The zero-order valence-corrected chi connectivity index (χ0v) is 10.5. The van der Waals surface area contributed by atoms with E-state index in [1.807, 2.05) is 12.1 Å². The molecule has 0 bridgehead atoms. The minimum atomic E-state index is 1.02. The van der Waals surface area contributed by atoms with Crippen LogP contribution in [-0.4, -0.2) is 4.98 Å². The second-order valence-corrected chi connectivity index (χ2v) is 5.02. The SMILES string of the molecule is Sc1cccc2ccc3c4ccccc4[nH]c3c12. The maximum atomic E-state index is 4.59. The van der Waals surface area contributed by atoms with Crippen molar-refractivity contribution in [2.24, 2.45) is 0 Å². The van der Waals surface area contributed by atoms with E-state index in [0.29, 0.717) is 0 Å². The van der Waals surface area contributed by atoms with Crippen LogP contribution in [0.3, 0.4) is 0 Å². The van der Waals surface area contributed by atoms with Crippen LogP contribution in [0.25, 0.3) is 32.6 Å². The Kier molecular flexibility index (Phi) is 1.97. The quantitative estimate of drug-likeness (QED) is 0.418.